The molecule has 53 heavy (non-hydrogen) atoms. The summed E-state index contributed by atoms with van der Waals surface area (Å²) in [5.74, 6) is 0.786. The summed E-state index contributed by atoms with van der Waals surface area (Å²) in [5.41, 5.74) is 5.66. The Morgan fingerprint density at radius 1 is 0.453 bits per heavy atom. The van der Waals surface area contributed by atoms with E-state index in [2.05, 4.69) is 121 Å². The first-order chi connectivity index (χ1) is 26.2. The van der Waals surface area contributed by atoms with Crippen molar-refractivity contribution < 1.29 is 4.42 Å². The van der Waals surface area contributed by atoms with Crippen molar-refractivity contribution in [2.24, 2.45) is 4.99 Å². The summed E-state index contributed by atoms with van der Waals surface area (Å²) in [6.07, 6.45) is 4.15. The number of amidine groups is 1. The Balaban J connectivity index is 1.24. The van der Waals surface area contributed by atoms with E-state index in [1.807, 2.05) is 66.7 Å². The van der Waals surface area contributed by atoms with Gasteiger partial charge in [0.05, 0.1) is 0 Å². The minimum Gasteiger partial charge on any atom is -0.454 e. The topological polar surface area (TPSA) is 49.4 Å². The predicted molar refractivity (Wildman–Crippen MR) is 224 cm³/mol. The molecule has 0 saturated heterocycles. The summed E-state index contributed by atoms with van der Waals surface area (Å²) >= 11 is 0. The highest BCUT2D eigenvalue weighted by atomic mass is 16.3. The van der Waals surface area contributed by atoms with E-state index in [1.54, 1.807) is 0 Å². The summed E-state index contributed by atoms with van der Waals surface area (Å²) in [6.45, 7) is 0. The van der Waals surface area contributed by atoms with Crippen molar-refractivity contribution in [1.29, 1.82) is 5.41 Å². The molecule has 1 N–H and O–H groups in total. The van der Waals surface area contributed by atoms with Gasteiger partial charge in [0.2, 0.25) is 0 Å². The van der Waals surface area contributed by atoms with Gasteiger partial charge in [0, 0.05) is 10.9 Å². The first-order valence-corrected chi connectivity index (χ1v) is 17.9. The van der Waals surface area contributed by atoms with Crippen molar-refractivity contribution >= 4 is 82.5 Å². The first kappa shape index (κ1) is 30.7. The molecule has 248 valence electrons. The van der Waals surface area contributed by atoms with Crippen molar-refractivity contribution in [3.05, 3.63) is 199 Å². The SMILES string of the molecule is N=C(N=C(/C=C/c1c2ccccc2c(-c2c3ccccc3cc3c2ccc2ccccc23)c2ccccc12)c1cc2ccccc2o1)c1ccccc1. The quantitative estimate of drug-likeness (QED) is 0.0839. The first-order valence-electron chi connectivity index (χ1n) is 17.9. The molecule has 10 rings (SSSR count). The summed E-state index contributed by atoms with van der Waals surface area (Å²) in [4.78, 5) is 4.87. The lowest BCUT2D eigenvalue weighted by Crippen LogP contribution is -2.02. The maximum Gasteiger partial charge on any atom is 0.153 e. The fourth-order valence-electron chi connectivity index (χ4n) is 7.93. The Kier molecular flexibility index (Phi) is 7.29. The minimum absolute atomic E-state index is 0.172. The van der Waals surface area contributed by atoms with Crippen LogP contribution >= 0.6 is 0 Å². The second kappa shape index (κ2) is 12.6. The zero-order valence-electron chi connectivity index (χ0n) is 28.8. The highest BCUT2D eigenvalue weighted by Gasteiger charge is 2.20. The van der Waals surface area contributed by atoms with E-state index in [0.717, 1.165) is 32.9 Å². The third-order valence-corrected chi connectivity index (χ3v) is 10.4. The second-order valence-corrected chi connectivity index (χ2v) is 13.4. The maximum absolute atomic E-state index is 8.93. The monoisotopic (exact) mass is 676 g/mol. The Morgan fingerprint density at radius 2 is 1.00 bits per heavy atom. The number of hydrogen-bond donors (Lipinski definition) is 1. The molecule has 0 saturated carbocycles. The Labute approximate surface area is 306 Å². The standard InChI is InChI=1S/C50H32N2O/c51-50(33-15-2-1-3-16-33)52-45(47-31-35-18-6-13-25-46(35)53-47)29-28-40-38-21-9-11-23-41(38)49(42-24-12-10-22-39(40)42)48-37-20-8-5-17-34(37)30-44-36-19-7-4-14-32(36)26-27-43(44)48/h1-31,51H/b29-28+,51-50?,52-45?. The molecular formula is C50H32N2O. The lowest BCUT2D eigenvalue weighted by molar-refractivity contribution is 0.606. The van der Waals surface area contributed by atoms with Crippen LogP contribution in [0.4, 0.5) is 0 Å². The van der Waals surface area contributed by atoms with Crippen LogP contribution in [0.5, 0.6) is 0 Å². The maximum atomic E-state index is 8.93. The summed E-state index contributed by atoms with van der Waals surface area (Å²) in [7, 11) is 0. The summed E-state index contributed by atoms with van der Waals surface area (Å²) < 4.78 is 6.34. The molecule has 0 unspecified atom stereocenters. The van der Waals surface area contributed by atoms with Gasteiger partial charge in [-0.25, -0.2) is 4.99 Å². The molecule has 1 heterocycles. The number of nitrogens with zero attached hydrogens (tertiary/aromatic N) is 1. The third-order valence-electron chi connectivity index (χ3n) is 10.4. The molecular weight excluding hydrogens is 645 g/mol. The highest BCUT2D eigenvalue weighted by molar-refractivity contribution is 6.28. The molecule has 0 aliphatic heterocycles. The van der Waals surface area contributed by atoms with E-state index in [0.29, 0.717) is 11.5 Å². The minimum atomic E-state index is 0.172. The van der Waals surface area contributed by atoms with Crippen LogP contribution in [0.1, 0.15) is 16.9 Å². The molecule has 0 atom stereocenters. The molecule has 0 aliphatic carbocycles. The van der Waals surface area contributed by atoms with E-state index in [4.69, 9.17) is 14.8 Å². The van der Waals surface area contributed by atoms with Crippen LogP contribution in [-0.4, -0.2) is 11.5 Å². The molecule has 0 spiro atoms. The van der Waals surface area contributed by atoms with Gasteiger partial charge in [-0.3, -0.25) is 5.41 Å². The number of fused-ring (bicyclic) bond motifs is 7. The molecule has 9 aromatic carbocycles. The fourth-order valence-corrected chi connectivity index (χ4v) is 7.93. The van der Waals surface area contributed by atoms with Crippen LogP contribution in [0.3, 0.4) is 0 Å². The Bertz CT molecular complexity index is 3040. The van der Waals surface area contributed by atoms with Crippen molar-refractivity contribution in [2.75, 3.05) is 0 Å². The molecule has 10 aromatic rings. The smallest absolute Gasteiger partial charge is 0.153 e. The van der Waals surface area contributed by atoms with Gasteiger partial charge in [0.15, 0.2) is 11.6 Å². The number of furan rings is 1. The zero-order valence-corrected chi connectivity index (χ0v) is 28.8. The molecule has 3 heteroatoms. The third kappa shape index (κ3) is 5.21. The van der Waals surface area contributed by atoms with Gasteiger partial charge in [-0.2, -0.15) is 0 Å². The highest BCUT2D eigenvalue weighted by Crippen LogP contribution is 2.46. The molecule has 0 bridgehead atoms. The van der Waals surface area contributed by atoms with Crippen LogP contribution < -0.4 is 0 Å². The van der Waals surface area contributed by atoms with E-state index in [9.17, 15) is 0 Å². The summed E-state index contributed by atoms with van der Waals surface area (Å²) in [6, 6.07) is 61.4. The number of benzene rings is 9. The average Bonchev–Trinajstić information content (AvgIpc) is 3.66. The van der Waals surface area contributed by atoms with Gasteiger partial charge in [-0.1, -0.05) is 164 Å². The van der Waals surface area contributed by atoms with Gasteiger partial charge in [0.1, 0.15) is 11.3 Å². The van der Waals surface area contributed by atoms with Crippen LogP contribution in [0.15, 0.2) is 191 Å². The molecule has 1 aromatic heterocycles. The van der Waals surface area contributed by atoms with E-state index in [1.165, 1.54) is 54.2 Å². The molecule has 0 amide bonds. The van der Waals surface area contributed by atoms with E-state index >= 15 is 0 Å². The number of nitrogens with one attached hydrogen (secondary N) is 1. The molecule has 3 nitrogen and oxygen atoms in total. The van der Waals surface area contributed by atoms with Gasteiger partial charge in [0.25, 0.3) is 0 Å². The lowest BCUT2D eigenvalue weighted by atomic mass is 9.83. The number of hydrogen-bond acceptors (Lipinski definition) is 2. The fraction of sp³-hybridized carbons (Fsp3) is 0. The van der Waals surface area contributed by atoms with Gasteiger partial charge < -0.3 is 4.42 Å². The van der Waals surface area contributed by atoms with Crippen molar-refractivity contribution in [1.82, 2.24) is 0 Å². The Hall–Kier alpha value is -7.10. The molecule has 0 aliphatic rings. The van der Waals surface area contributed by atoms with Gasteiger partial charge in [-0.15, -0.1) is 0 Å². The second-order valence-electron chi connectivity index (χ2n) is 13.4. The van der Waals surface area contributed by atoms with Gasteiger partial charge in [-0.05, 0) is 94.8 Å². The van der Waals surface area contributed by atoms with Crippen LogP contribution in [0.2, 0.25) is 0 Å². The van der Waals surface area contributed by atoms with Crippen molar-refractivity contribution in [3.63, 3.8) is 0 Å². The molecule has 0 fully saturated rings. The number of allylic oxidation sites excluding steroid dienone is 1. The predicted octanol–water partition coefficient (Wildman–Crippen LogP) is 13.4. The van der Waals surface area contributed by atoms with Crippen molar-refractivity contribution in [3.8, 4) is 11.1 Å². The number of rotatable bonds is 5. The average molecular weight is 677 g/mol. The summed E-state index contributed by atoms with van der Waals surface area (Å²) in [5, 5.41) is 22.0. The van der Waals surface area contributed by atoms with E-state index in [-0.39, 0.29) is 5.84 Å². The van der Waals surface area contributed by atoms with Crippen LogP contribution in [0, 0.1) is 5.41 Å². The van der Waals surface area contributed by atoms with E-state index < -0.39 is 0 Å². The van der Waals surface area contributed by atoms with Crippen LogP contribution in [-0.2, 0) is 0 Å². The number of para-hydroxylation sites is 1. The molecule has 0 radical (unpaired) electrons. The largest absolute Gasteiger partial charge is 0.454 e. The normalized spacial score (nSPS) is 12.3. The lowest BCUT2D eigenvalue weighted by Gasteiger charge is -2.19. The van der Waals surface area contributed by atoms with Gasteiger partial charge >= 0.3 is 0 Å². The zero-order chi connectivity index (χ0) is 35.3. The van der Waals surface area contributed by atoms with Crippen molar-refractivity contribution in [2.45, 2.75) is 0 Å². The van der Waals surface area contributed by atoms with Crippen LogP contribution in [0.25, 0.3) is 82.0 Å². The number of aliphatic imine (C=N–C) groups is 1. The Morgan fingerprint density at radius 3 is 1.72 bits per heavy atom.